The molecule has 1 aromatic rings. The van der Waals surface area contributed by atoms with E-state index in [0.717, 1.165) is 13.0 Å². The van der Waals surface area contributed by atoms with Crippen molar-refractivity contribution in [2.45, 2.75) is 25.3 Å². The summed E-state index contributed by atoms with van der Waals surface area (Å²) in [6.45, 7) is 1.39. The summed E-state index contributed by atoms with van der Waals surface area (Å²) in [7, 11) is 0. The zero-order chi connectivity index (χ0) is 17.1. The van der Waals surface area contributed by atoms with Crippen molar-refractivity contribution in [1.82, 2.24) is 10.6 Å². The van der Waals surface area contributed by atoms with E-state index in [2.05, 4.69) is 21.3 Å². The summed E-state index contributed by atoms with van der Waals surface area (Å²) in [6.07, 6.45) is 1.34. The molecule has 0 radical (unpaired) electrons. The first kappa shape index (κ1) is 16.4. The van der Waals surface area contributed by atoms with Gasteiger partial charge >= 0.3 is 0 Å². The van der Waals surface area contributed by atoms with Crippen LogP contribution < -0.4 is 21.3 Å². The summed E-state index contributed by atoms with van der Waals surface area (Å²) in [6, 6.07) is 3.71. The number of benzene rings is 1. The van der Waals surface area contributed by atoms with Crippen molar-refractivity contribution in [2.75, 3.05) is 23.7 Å². The molecule has 4 N–H and O–H groups in total. The summed E-state index contributed by atoms with van der Waals surface area (Å²) in [5.41, 5.74) is 0.531. The van der Waals surface area contributed by atoms with Crippen LogP contribution in [0.25, 0.3) is 0 Å². The Morgan fingerprint density at radius 2 is 2.08 bits per heavy atom. The molecule has 0 saturated carbocycles. The zero-order valence-electron chi connectivity index (χ0n) is 13.0. The van der Waals surface area contributed by atoms with Crippen LogP contribution in [0.2, 0.25) is 0 Å². The van der Waals surface area contributed by atoms with Gasteiger partial charge in [-0.1, -0.05) is 0 Å². The lowest BCUT2D eigenvalue weighted by Crippen LogP contribution is -2.47. The first-order valence-electron chi connectivity index (χ1n) is 7.94. The molecule has 2 aliphatic rings. The molecule has 0 aromatic heterocycles. The molecule has 128 valence electrons. The average Bonchev–Trinajstić information content (AvgIpc) is 3.07. The van der Waals surface area contributed by atoms with Crippen molar-refractivity contribution in [3.63, 3.8) is 0 Å². The molecule has 3 rings (SSSR count). The number of amides is 3. The third-order valence-electron chi connectivity index (χ3n) is 4.24. The topological polar surface area (TPSA) is 99.3 Å². The number of carbonyl (C=O) groups is 3. The molecule has 7 nitrogen and oxygen atoms in total. The maximum atomic E-state index is 14.2. The maximum Gasteiger partial charge on any atom is 0.249 e. The molecule has 0 bridgehead atoms. The number of piperidine rings is 1. The number of imide groups is 1. The average molecular weight is 334 g/mol. The van der Waals surface area contributed by atoms with E-state index in [4.69, 9.17) is 0 Å². The lowest BCUT2D eigenvalue weighted by Gasteiger charge is -2.23. The largest absolute Gasteiger partial charge is 0.374 e. The number of anilines is 2. The van der Waals surface area contributed by atoms with Crippen LogP contribution >= 0.6 is 0 Å². The maximum absolute atomic E-state index is 14.2. The molecule has 8 heteroatoms. The van der Waals surface area contributed by atoms with Crippen LogP contribution in [0.3, 0.4) is 0 Å². The van der Waals surface area contributed by atoms with Crippen LogP contribution in [0.1, 0.15) is 19.3 Å². The quantitative estimate of drug-likeness (QED) is 0.604. The minimum absolute atomic E-state index is 0.112. The normalized spacial score (nSPS) is 23.7. The number of halogens is 1. The van der Waals surface area contributed by atoms with Crippen molar-refractivity contribution in [2.24, 2.45) is 5.92 Å². The van der Waals surface area contributed by atoms with Gasteiger partial charge in [0.2, 0.25) is 17.7 Å². The first-order chi connectivity index (χ1) is 11.5. The molecule has 1 unspecified atom stereocenters. The molecular weight excluding hydrogens is 315 g/mol. The molecule has 0 aliphatic carbocycles. The van der Waals surface area contributed by atoms with E-state index in [1.807, 2.05) is 0 Å². The zero-order valence-corrected chi connectivity index (χ0v) is 13.0. The van der Waals surface area contributed by atoms with Crippen LogP contribution in [-0.4, -0.2) is 36.9 Å². The molecule has 0 spiro atoms. The standard InChI is InChI=1S/C16H19FN4O3/c17-11-7-10(19-13-3-4-14(22)21-16(13)24)1-2-12(11)20-15(23)9-5-6-18-8-9/h1-2,7,9,13,18-19H,3-6,8H2,(H,20,23)(H,21,22,24)/t9-,13?/m1/s1. The van der Waals surface area contributed by atoms with Crippen LogP contribution in [-0.2, 0) is 14.4 Å². The van der Waals surface area contributed by atoms with E-state index in [9.17, 15) is 18.8 Å². The van der Waals surface area contributed by atoms with Gasteiger partial charge in [-0.2, -0.15) is 0 Å². The summed E-state index contributed by atoms with van der Waals surface area (Å²) in [5, 5.41) is 10.8. The van der Waals surface area contributed by atoms with Crippen molar-refractivity contribution < 1.29 is 18.8 Å². The molecule has 2 saturated heterocycles. The summed E-state index contributed by atoms with van der Waals surface area (Å²) < 4.78 is 14.2. The van der Waals surface area contributed by atoms with E-state index in [0.29, 0.717) is 18.7 Å². The fourth-order valence-electron chi connectivity index (χ4n) is 2.85. The lowest BCUT2D eigenvalue weighted by atomic mass is 10.1. The number of nitrogens with one attached hydrogen (secondary N) is 4. The van der Waals surface area contributed by atoms with E-state index in [-0.39, 0.29) is 29.8 Å². The predicted octanol–water partition coefficient (Wildman–Crippen LogP) is 0.591. The Hall–Kier alpha value is -2.48. The van der Waals surface area contributed by atoms with Gasteiger partial charge in [-0.25, -0.2) is 4.39 Å². The SMILES string of the molecule is O=C1CCC(Nc2ccc(NC(=O)[C@@H]3CCNC3)c(F)c2)C(=O)N1. The summed E-state index contributed by atoms with van der Waals surface area (Å²) in [5.74, 6) is -1.65. The monoisotopic (exact) mass is 334 g/mol. The van der Waals surface area contributed by atoms with Crippen LogP contribution in [0.5, 0.6) is 0 Å². The van der Waals surface area contributed by atoms with Gasteiger partial charge in [-0.15, -0.1) is 0 Å². The summed E-state index contributed by atoms with van der Waals surface area (Å²) in [4.78, 5) is 34.8. The first-order valence-corrected chi connectivity index (χ1v) is 7.94. The molecule has 2 aliphatic heterocycles. The van der Waals surface area contributed by atoms with E-state index in [1.54, 1.807) is 6.07 Å². The second-order valence-corrected chi connectivity index (χ2v) is 6.02. The van der Waals surface area contributed by atoms with Crippen LogP contribution in [0, 0.1) is 11.7 Å². The Labute approximate surface area is 138 Å². The van der Waals surface area contributed by atoms with E-state index >= 15 is 0 Å². The fourth-order valence-corrected chi connectivity index (χ4v) is 2.85. The molecular formula is C16H19FN4O3. The lowest BCUT2D eigenvalue weighted by molar-refractivity contribution is -0.133. The van der Waals surface area contributed by atoms with Crippen molar-refractivity contribution in [3.05, 3.63) is 24.0 Å². The molecule has 1 aromatic carbocycles. The van der Waals surface area contributed by atoms with Gasteiger partial charge in [0.05, 0.1) is 11.6 Å². The Bertz CT molecular complexity index is 673. The smallest absolute Gasteiger partial charge is 0.249 e. The molecule has 24 heavy (non-hydrogen) atoms. The number of rotatable bonds is 4. The molecule has 2 atom stereocenters. The highest BCUT2D eigenvalue weighted by atomic mass is 19.1. The Morgan fingerprint density at radius 1 is 1.25 bits per heavy atom. The van der Waals surface area contributed by atoms with Gasteiger partial charge in [0, 0.05) is 18.7 Å². The van der Waals surface area contributed by atoms with E-state index < -0.39 is 17.8 Å². The van der Waals surface area contributed by atoms with Gasteiger partial charge < -0.3 is 16.0 Å². The van der Waals surface area contributed by atoms with Crippen molar-refractivity contribution >= 4 is 29.1 Å². The van der Waals surface area contributed by atoms with Crippen molar-refractivity contribution in [1.29, 1.82) is 0 Å². The number of hydrogen-bond acceptors (Lipinski definition) is 5. The van der Waals surface area contributed by atoms with Crippen LogP contribution in [0.15, 0.2) is 18.2 Å². The highest BCUT2D eigenvalue weighted by molar-refractivity contribution is 6.01. The second kappa shape index (κ2) is 6.96. The fraction of sp³-hybridized carbons (Fsp3) is 0.438. The predicted molar refractivity (Wildman–Crippen MR) is 85.8 cm³/mol. The number of carbonyl (C=O) groups excluding carboxylic acids is 3. The van der Waals surface area contributed by atoms with Gasteiger partial charge in [-0.05, 0) is 37.6 Å². The third-order valence-corrected chi connectivity index (χ3v) is 4.24. The Kier molecular flexibility index (Phi) is 4.75. The minimum Gasteiger partial charge on any atom is -0.374 e. The Balaban J connectivity index is 1.63. The van der Waals surface area contributed by atoms with Gasteiger partial charge in [-0.3, -0.25) is 19.7 Å². The molecule has 3 amide bonds. The van der Waals surface area contributed by atoms with E-state index in [1.165, 1.54) is 12.1 Å². The van der Waals surface area contributed by atoms with Gasteiger partial charge in [0.15, 0.2) is 0 Å². The van der Waals surface area contributed by atoms with Gasteiger partial charge in [0.1, 0.15) is 11.9 Å². The minimum atomic E-state index is -0.577. The molecule has 2 heterocycles. The second-order valence-electron chi connectivity index (χ2n) is 6.02. The molecule has 2 fully saturated rings. The van der Waals surface area contributed by atoms with Gasteiger partial charge in [0.25, 0.3) is 0 Å². The Morgan fingerprint density at radius 3 is 2.75 bits per heavy atom. The highest BCUT2D eigenvalue weighted by Gasteiger charge is 2.27. The van der Waals surface area contributed by atoms with Crippen molar-refractivity contribution in [3.8, 4) is 0 Å². The number of hydrogen-bond donors (Lipinski definition) is 4. The summed E-state index contributed by atoms with van der Waals surface area (Å²) >= 11 is 0. The highest BCUT2D eigenvalue weighted by Crippen LogP contribution is 2.22. The third kappa shape index (κ3) is 3.70. The van der Waals surface area contributed by atoms with Crippen LogP contribution in [0.4, 0.5) is 15.8 Å².